The summed E-state index contributed by atoms with van der Waals surface area (Å²) in [6.45, 7) is 0. The van der Waals surface area contributed by atoms with E-state index in [1.165, 1.54) is 18.2 Å². The van der Waals surface area contributed by atoms with Crippen molar-refractivity contribution in [3.05, 3.63) is 39.4 Å². The highest BCUT2D eigenvalue weighted by atomic mass is 79.9. The summed E-state index contributed by atoms with van der Waals surface area (Å²) in [5.74, 6) is 0. The quantitative estimate of drug-likeness (QED) is 0.453. The number of nitro groups is 1. The Morgan fingerprint density at radius 2 is 2.31 bits per heavy atom. The zero-order valence-electron chi connectivity index (χ0n) is 6.53. The molecule has 0 saturated heterocycles. The molecule has 0 radical (unpaired) electrons. The summed E-state index contributed by atoms with van der Waals surface area (Å²) in [5.41, 5.74) is 0.986. The van der Waals surface area contributed by atoms with Crippen molar-refractivity contribution >= 4 is 21.6 Å². The molecule has 0 unspecified atom stereocenters. The van der Waals surface area contributed by atoms with Crippen LogP contribution in [0.4, 0.5) is 5.69 Å². The Hall–Kier alpha value is -1.41. The van der Waals surface area contributed by atoms with Gasteiger partial charge in [-0.05, 0) is 12.1 Å². The Balaban J connectivity index is 3.25. The molecule has 0 N–H and O–H groups in total. The van der Waals surface area contributed by atoms with Crippen LogP contribution in [0, 0.1) is 21.4 Å². The third-order valence-electron chi connectivity index (χ3n) is 1.55. The molecule has 0 aliphatic rings. The van der Waals surface area contributed by atoms with Crippen LogP contribution in [0.3, 0.4) is 0 Å². The molecule has 66 valence electrons. The highest BCUT2D eigenvalue weighted by Gasteiger charge is 2.12. The molecular weight excluding hydrogens is 236 g/mol. The lowest BCUT2D eigenvalue weighted by Gasteiger charge is -1.98. The fourth-order valence-electron chi connectivity index (χ4n) is 0.940. The first kappa shape index (κ1) is 9.68. The monoisotopic (exact) mass is 240 g/mol. The SMILES string of the molecule is N#Cc1ccc([N+](=O)[O-])c(CBr)c1. The van der Waals surface area contributed by atoms with E-state index in [2.05, 4.69) is 15.9 Å². The van der Waals surface area contributed by atoms with E-state index >= 15 is 0 Å². The van der Waals surface area contributed by atoms with Crippen molar-refractivity contribution in [1.29, 1.82) is 5.26 Å². The number of benzene rings is 1. The second-order valence-electron chi connectivity index (χ2n) is 2.35. The molecule has 5 heteroatoms. The Kier molecular flexibility index (Phi) is 2.98. The van der Waals surface area contributed by atoms with Crippen LogP contribution in [0.1, 0.15) is 11.1 Å². The molecule has 0 aliphatic heterocycles. The highest BCUT2D eigenvalue weighted by Crippen LogP contribution is 2.21. The van der Waals surface area contributed by atoms with E-state index in [4.69, 9.17) is 5.26 Å². The first-order valence-corrected chi connectivity index (χ1v) is 4.54. The van der Waals surface area contributed by atoms with Crippen LogP contribution < -0.4 is 0 Å². The standard InChI is InChI=1S/C8H5BrN2O2/c9-4-7-3-6(5-10)1-2-8(7)11(12)13/h1-3H,4H2. The number of hydrogen-bond acceptors (Lipinski definition) is 3. The topological polar surface area (TPSA) is 66.9 Å². The Morgan fingerprint density at radius 3 is 2.77 bits per heavy atom. The van der Waals surface area contributed by atoms with E-state index in [9.17, 15) is 10.1 Å². The van der Waals surface area contributed by atoms with Gasteiger partial charge in [-0.25, -0.2) is 0 Å². The van der Waals surface area contributed by atoms with Gasteiger partial charge in [-0.15, -0.1) is 0 Å². The van der Waals surface area contributed by atoms with Crippen molar-refractivity contribution in [2.75, 3.05) is 0 Å². The summed E-state index contributed by atoms with van der Waals surface area (Å²) >= 11 is 3.13. The van der Waals surface area contributed by atoms with Gasteiger partial charge in [0.25, 0.3) is 5.69 Å². The van der Waals surface area contributed by atoms with E-state index in [-0.39, 0.29) is 5.69 Å². The molecule has 1 aromatic rings. The smallest absolute Gasteiger partial charge is 0.258 e. The molecule has 0 saturated carbocycles. The zero-order valence-corrected chi connectivity index (χ0v) is 8.11. The maximum atomic E-state index is 10.5. The lowest BCUT2D eigenvalue weighted by Crippen LogP contribution is -1.93. The van der Waals surface area contributed by atoms with Gasteiger partial charge in [-0.3, -0.25) is 10.1 Å². The average Bonchev–Trinajstić information content (AvgIpc) is 2.16. The Morgan fingerprint density at radius 1 is 1.62 bits per heavy atom. The minimum absolute atomic E-state index is 0.0378. The molecule has 0 fully saturated rings. The average molecular weight is 241 g/mol. The summed E-state index contributed by atoms with van der Waals surface area (Å²) in [6, 6.07) is 6.21. The van der Waals surface area contributed by atoms with Crippen molar-refractivity contribution in [3.8, 4) is 6.07 Å². The van der Waals surface area contributed by atoms with Crippen molar-refractivity contribution in [3.63, 3.8) is 0 Å². The van der Waals surface area contributed by atoms with E-state index in [0.717, 1.165) is 0 Å². The van der Waals surface area contributed by atoms with Crippen LogP contribution in [0.5, 0.6) is 0 Å². The fourth-order valence-corrected chi connectivity index (χ4v) is 1.39. The molecule has 0 bridgehead atoms. The maximum Gasteiger partial charge on any atom is 0.273 e. The van der Waals surface area contributed by atoms with Gasteiger partial charge in [0.1, 0.15) is 0 Å². The van der Waals surface area contributed by atoms with Crippen molar-refractivity contribution in [1.82, 2.24) is 0 Å². The van der Waals surface area contributed by atoms with Crippen molar-refractivity contribution < 1.29 is 4.92 Å². The molecule has 4 nitrogen and oxygen atoms in total. The van der Waals surface area contributed by atoms with Crippen LogP contribution >= 0.6 is 15.9 Å². The van der Waals surface area contributed by atoms with Crippen molar-refractivity contribution in [2.24, 2.45) is 0 Å². The molecule has 0 aromatic heterocycles. The number of rotatable bonds is 2. The number of halogens is 1. The molecular formula is C8H5BrN2O2. The van der Waals surface area contributed by atoms with Gasteiger partial charge in [0.15, 0.2) is 0 Å². The van der Waals surface area contributed by atoms with Crippen LogP contribution in [0.25, 0.3) is 0 Å². The minimum atomic E-state index is -0.461. The number of nitriles is 1. The lowest BCUT2D eigenvalue weighted by molar-refractivity contribution is -0.385. The van der Waals surface area contributed by atoms with E-state index in [1.54, 1.807) is 0 Å². The summed E-state index contributed by atoms with van der Waals surface area (Å²) in [5, 5.41) is 19.4. The summed E-state index contributed by atoms with van der Waals surface area (Å²) in [4.78, 5) is 10.0. The van der Waals surface area contributed by atoms with Crippen LogP contribution in [-0.4, -0.2) is 4.92 Å². The molecule has 0 spiro atoms. The highest BCUT2D eigenvalue weighted by molar-refractivity contribution is 9.08. The zero-order chi connectivity index (χ0) is 9.84. The minimum Gasteiger partial charge on any atom is -0.258 e. The first-order valence-electron chi connectivity index (χ1n) is 3.42. The Bertz CT molecular complexity index is 384. The third-order valence-corrected chi connectivity index (χ3v) is 2.15. The summed E-state index contributed by atoms with van der Waals surface area (Å²) < 4.78 is 0. The number of nitro benzene ring substituents is 1. The molecule has 13 heavy (non-hydrogen) atoms. The molecule has 0 heterocycles. The number of alkyl halides is 1. The van der Waals surface area contributed by atoms with Crippen LogP contribution in [0.15, 0.2) is 18.2 Å². The van der Waals surface area contributed by atoms with Gasteiger partial charge in [0.2, 0.25) is 0 Å². The van der Waals surface area contributed by atoms with Crippen LogP contribution in [0.2, 0.25) is 0 Å². The Labute approximate surface area is 83.1 Å². The summed E-state index contributed by atoms with van der Waals surface area (Å²) in [7, 11) is 0. The second kappa shape index (κ2) is 4.01. The molecule has 1 rings (SSSR count). The predicted octanol–water partition coefficient (Wildman–Crippen LogP) is 2.36. The fraction of sp³-hybridized carbons (Fsp3) is 0.125. The van der Waals surface area contributed by atoms with Gasteiger partial charge in [-0.1, -0.05) is 15.9 Å². The second-order valence-corrected chi connectivity index (χ2v) is 2.91. The van der Waals surface area contributed by atoms with E-state index in [0.29, 0.717) is 16.5 Å². The molecule has 0 atom stereocenters. The van der Waals surface area contributed by atoms with Gasteiger partial charge >= 0.3 is 0 Å². The first-order chi connectivity index (χ1) is 6.19. The predicted molar refractivity (Wildman–Crippen MR) is 50.4 cm³/mol. The molecule has 0 amide bonds. The van der Waals surface area contributed by atoms with E-state index < -0.39 is 4.92 Å². The van der Waals surface area contributed by atoms with Gasteiger partial charge < -0.3 is 0 Å². The van der Waals surface area contributed by atoms with Gasteiger partial charge in [-0.2, -0.15) is 5.26 Å². The largest absolute Gasteiger partial charge is 0.273 e. The third kappa shape index (κ3) is 2.04. The summed E-state index contributed by atoms with van der Waals surface area (Å²) in [6.07, 6.45) is 0. The molecule has 0 aliphatic carbocycles. The van der Waals surface area contributed by atoms with E-state index in [1.807, 2.05) is 6.07 Å². The van der Waals surface area contributed by atoms with Crippen molar-refractivity contribution in [2.45, 2.75) is 5.33 Å². The van der Waals surface area contributed by atoms with Crippen LogP contribution in [-0.2, 0) is 5.33 Å². The molecule has 1 aromatic carbocycles. The number of nitrogens with zero attached hydrogens (tertiary/aromatic N) is 2. The van der Waals surface area contributed by atoms with Gasteiger partial charge in [0.05, 0.1) is 16.6 Å². The maximum absolute atomic E-state index is 10.5. The number of hydrogen-bond donors (Lipinski definition) is 0. The lowest BCUT2D eigenvalue weighted by atomic mass is 10.1. The normalized spacial score (nSPS) is 9.23. The van der Waals surface area contributed by atoms with Gasteiger partial charge in [0, 0.05) is 17.0 Å².